The van der Waals surface area contributed by atoms with Crippen LogP contribution in [0, 0.1) is 0 Å². The summed E-state index contributed by atoms with van der Waals surface area (Å²) in [5, 5.41) is 5.90. The molecule has 0 aromatic heterocycles. The van der Waals surface area contributed by atoms with Gasteiger partial charge in [-0.05, 0) is 68.7 Å². The van der Waals surface area contributed by atoms with Gasteiger partial charge in [-0.2, -0.15) is 0 Å². The molecule has 156 valence electrons. The Hall–Kier alpha value is -2.66. The van der Waals surface area contributed by atoms with Gasteiger partial charge in [-0.3, -0.25) is 9.59 Å². The van der Waals surface area contributed by atoms with Crippen LogP contribution >= 0.6 is 0 Å². The van der Waals surface area contributed by atoms with Crippen LogP contribution in [-0.4, -0.2) is 36.3 Å². The first kappa shape index (κ1) is 22.6. The number of anilines is 1. The second-order valence-electron chi connectivity index (χ2n) is 7.22. The van der Waals surface area contributed by atoms with Crippen molar-refractivity contribution in [3.8, 4) is 0 Å². The van der Waals surface area contributed by atoms with Crippen molar-refractivity contribution in [1.29, 1.82) is 0 Å². The van der Waals surface area contributed by atoms with Gasteiger partial charge in [0.15, 0.2) is 0 Å². The van der Waals surface area contributed by atoms with Crippen molar-refractivity contribution < 1.29 is 9.59 Å². The van der Waals surface area contributed by atoms with E-state index < -0.39 is 0 Å². The molecule has 0 fully saturated rings. The molecule has 0 aliphatic rings. The molecule has 0 aliphatic carbocycles. The maximum atomic E-state index is 12.8. The third kappa shape index (κ3) is 7.70. The molecule has 29 heavy (non-hydrogen) atoms. The molecule has 2 aromatic carbocycles. The van der Waals surface area contributed by atoms with Crippen LogP contribution in [0.5, 0.6) is 0 Å². The molecule has 2 amide bonds. The number of carbonyl (C=O) groups is 2. The van der Waals surface area contributed by atoms with Crippen LogP contribution in [0.2, 0.25) is 0 Å². The molecule has 0 bridgehead atoms. The highest BCUT2D eigenvalue weighted by Crippen LogP contribution is 2.20. The average molecular weight is 396 g/mol. The predicted molar refractivity (Wildman–Crippen MR) is 119 cm³/mol. The van der Waals surface area contributed by atoms with Crippen LogP contribution in [0.25, 0.3) is 0 Å². The lowest BCUT2D eigenvalue weighted by molar-refractivity contribution is -0.114. The zero-order chi connectivity index (χ0) is 21.1. The Morgan fingerprint density at radius 2 is 1.59 bits per heavy atom. The Morgan fingerprint density at radius 1 is 0.931 bits per heavy atom. The molecular weight excluding hydrogens is 362 g/mol. The normalized spacial score (nSPS) is 11.9. The third-order valence-electron chi connectivity index (χ3n) is 5.09. The van der Waals surface area contributed by atoms with Crippen LogP contribution in [0.15, 0.2) is 54.6 Å². The molecule has 0 saturated heterocycles. The van der Waals surface area contributed by atoms with E-state index in [1.165, 1.54) is 6.92 Å². The summed E-state index contributed by atoms with van der Waals surface area (Å²) in [6.07, 6.45) is 3.07. The van der Waals surface area contributed by atoms with Crippen molar-refractivity contribution in [3.05, 3.63) is 65.7 Å². The maximum absolute atomic E-state index is 12.8. The van der Waals surface area contributed by atoms with Crippen molar-refractivity contribution in [2.45, 2.75) is 46.1 Å². The van der Waals surface area contributed by atoms with Gasteiger partial charge in [0.25, 0.3) is 5.91 Å². The van der Waals surface area contributed by atoms with Gasteiger partial charge in [0.05, 0.1) is 6.04 Å². The minimum absolute atomic E-state index is 0.0181. The standard InChI is InChI=1S/C24H33N3O2/c1-4-27(5-2)18-10-9-13-23(20-11-7-6-8-12-20)26-24(29)21-14-16-22(17-15-21)25-19(3)28/h6-8,11-12,14-17,23H,4-5,9-10,13,18H2,1-3H3,(H,25,28)(H,26,29). The molecule has 1 atom stereocenters. The molecule has 1 unspecified atom stereocenters. The summed E-state index contributed by atoms with van der Waals surface area (Å²) in [6, 6.07) is 17.1. The number of nitrogens with one attached hydrogen (secondary N) is 2. The summed E-state index contributed by atoms with van der Waals surface area (Å²) in [5.74, 6) is -0.229. The first-order chi connectivity index (χ1) is 14.0. The summed E-state index contributed by atoms with van der Waals surface area (Å²) in [7, 11) is 0. The monoisotopic (exact) mass is 395 g/mol. The zero-order valence-corrected chi connectivity index (χ0v) is 17.8. The topological polar surface area (TPSA) is 61.4 Å². The summed E-state index contributed by atoms with van der Waals surface area (Å²) in [4.78, 5) is 26.4. The molecule has 0 heterocycles. The fourth-order valence-corrected chi connectivity index (χ4v) is 3.38. The fraction of sp³-hybridized carbons (Fsp3) is 0.417. The highest BCUT2D eigenvalue weighted by molar-refractivity contribution is 5.95. The summed E-state index contributed by atoms with van der Waals surface area (Å²) >= 11 is 0. The van der Waals surface area contributed by atoms with Crippen molar-refractivity contribution >= 4 is 17.5 Å². The smallest absolute Gasteiger partial charge is 0.251 e. The molecule has 2 aromatic rings. The number of nitrogens with zero attached hydrogens (tertiary/aromatic N) is 1. The molecule has 2 N–H and O–H groups in total. The van der Waals surface area contributed by atoms with Gasteiger partial charge in [0.1, 0.15) is 0 Å². The van der Waals surface area contributed by atoms with Gasteiger partial charge in [-0.1, -0.05) is 44.2 Å². The lowest BCUT2D eigenvalue weighted by Gasteiger charge is -2.21. The molecule has 0 aliphatic heterocycles. The Bertz CT molecular complexity index is 755. The van der Waals surface area contributed by atoms with Gasteiger partial charge in [-0.25, -0.2) is 0 Å². The van der Waals surface area contributed by atoms with Crippen LogP contribution in [0.4, 0.5) is 5.69 Å². The third-order valence-corrected chi connectivity index (χ3v) is 5.09. The minimum Gasteiger partial charge on any atom is -0.345 e. The Balaban J connectivity index is 1.99. The van der Waals surface area contributed by atoms with Crippen LogP contribution < -0.4 is 10.6 Å². The van der Waals surface area contributed by atoms with Crippen molar-refractivity contribution in [3.63, 3.8) is 0 Å². The van der Waals surface area contributed by atoms with E-state index in [9.17, 15) is 9.59 Å². The van der Waals surface area contributed by atoms with Gasteiger partial charge < -0.3 is 15.5 Å². The van der Waals surface area contributed by atoms with E-state index >= 15 is 0 Å². The Labute approximate surface area is 174 Å². The summed E-state index contributed by atoms with van der Waals surface area (Å²) in [5.41, 5.74) is 2.40. The quantitative estimate of drug-likeness (QED) is 0.546. The number of unbranched alkanes of at least 4 members (excludes halogenated alkanes) is 1. The highest BCUT2D eigenvalue weighted by atomic mass is 16.2. The molecule has 2 rings (SSSR count). The zero-order valence-electron chi connectivity index (χ0n) is 17.8. The van der Waals surface area contributed by atoms with E-state index in [2.05, 4.69) is 41.5 Å². The first-order valence-electron chi connectivity index (χ1n) is 10.5. The first-order valence-corrected chi connectivity index (χ1v) is 10.5. The van der Waals surface area contributed by atoms with Crippen molar-refractivity contribution in [1.82, 2.24) is 10.2 Å². The molecule has 5 nitrogen and oxygen atoms in total. The molecule has 0 spiro atoms. The van der Waals surface area contributed by atoms with E-state index in [4.69, 9.17) is 0 Å². The van der Waals surface area contributed by atoms with Crippen LogP contribution in [-0.2, 0) is 4.79 Å². The number of benzene rings is 2. The maximum Gasteiger partial charge on any atom is 0.251 e. The molecule has 0 radical (unpaired) electrons. The average Bonchev–Trinajstić information content (AvgIpc) is 2.73. The van der Waals surface area contributed by atoms with Crippen LogP contribution in [0.1, 0.15) is 62.0 Å². The predicted octanol–water partition coefficient (Wildman–Crippen LogP) is 4.63. The van der Waals surface area contributed by atoms with E-state index in [1.807, 2.05) is 18.2 Å². The van der Waals surface area contributed by atoms with E-state index in [0.717, 1.165) is 44.5 Å². The SMILES string of the molecule is CCN(CC)CCCCC(NC(=O)c1ccc(NC(C)=O)cc1)c1ccccc1. The lowest BCUT2D eigenvalue weighted by atomic mass is 10.00. The fourth-order valence-electron chi connectivity index (χ4n) is 3.38. The van der Waals surface area contributed by atoms with E-state index in [1.54, 1.807) is 24.3 Å². The Morgan fingerprint density at radius 3 is 2.17 bits per heavy atom. The summed E-state index contributed by atoms with van der Waals surface area (Å²) in [6.45, 7) is 9.08. The Kier molecular flexibility index (Phi) is 9.38. The minimum atomic E-state index is -0.129. The van der Waals surface area contributed by atoms with Crippen LogP contribution in [0.3, 0.4) is 0 Å². The van der Waals surface area contributed by atoms with E-state index in [-0.39, 0.29) is 17.9 Å². The largest absolute Gasteiger partial charge is 0.345 e. The van der Waals surface area contributed by atoms with Gasteiger partial charge >= 0.3 is 0 Å². The molecule has 5 heteroatoms. The van der Waals surface area contributed by atoms with Gasteiger partial charge in [0.2, 0.25) is 5.91 Å². The number of hydrogen-bond acceptors (Lipinski definition) is 3. The number of rotatable bonds is 11. The van der Waals surface area contributed by atoms with Gasteiger partial charge in [-0.15, -0.1) is 0 Å². The molecular formula is C24H33N3O2. The highest BCUT2D eigenvalue weighted by Gasteiger charge is 2.16. The second kappa shape index (κ2) is 12.0. The number of amides is 2. The molecule has 0 saturated carbocycles. The van der Waals surface area contributed by atoms with Gasteiger partial charge in [0, 0.05) is 18.2 Å². The lowest BCUT2D eigenvalue weighted by Crippen LogP contribution is -2.29. The van der Waals surface area contributed by atoms with E-state index in [0.29, 0.717) is 11.3 Å². The summed E-state index contributed by atoms with van der Waals surface area (Å²) < 4.78 is 0. The van der Waals surface area contributed by atoms with Crippen molar-refractivity contribution in [2.75, 3.05) is 25.0 Å². The second-order valence-corrected chi connectivity index (χ2v) is 7.22. The number of carbonyl (C=O) groups excluding carboxylic acids is 2. The number of hydrogen-bond donors (Lipinski definition) is 2. The van der Waals surface area contributed by atoms with Crippen molar-refractivity contribution in [2.24, 2.45) is 0 Å².